The molecule has 0 unspecified atom stereocenters. The van der Waals surface area contributed by atoms with Gasteiger partial charge in [-0.2, -0.15) is 0 Å². The van der Waals surface area contributed by atoms with Crippen molar-refractivity contribution in [2.24, 2.45) is 0 Å². The number of benzene rings is 1. The molecule has 0 radical (unpaired) electrons. The van der Waals surface area contributed by atoms with Crippen LogP contribution >= 0.6 is 0 Å². The Morgan fingerprint density at radius 1 is 1.23 bits per heavy atom. The van der Waals surface area contributed by atoms with E-state index in [0.29, 0.717) is 12.1 Å². The first-order valence-electron chi connectivity index (χ1n) is 9.39. The molecular weight excluding hydrogens is 332 g/mol. The average molecular weight is 356 g/mol. The van der Waals surface area contributed by atoms with Gasteiger partial charge in [0.15, 0.2) is 6.61 Å². The van der Waals surface area contributed by atoms with Gasteiger partial charge in [0.1, 0.15) is 0 Å². The Labute approximate surface area is 152 Å². The fraction of sp³-hybridized carbons (Fsp3) is 0.500. The van der Waals surface area contributed by atoms with Crippen LogP contribution in [0.4, 0.5) is 0 Å². The summed E-state index contributed by atoms with van der Waals surface area (Å²) >= 11 is 0. The normalized spacial score (nSPS) is 19.3. The molecule has 1 saturated heterocycles. The van der Waals surface area contributed by atoms with Crippen LogP contribution in [0.15, 0.2) is 18.2 Å². The highest BCUT2D eigenvalue weighted by atomic mass is 16.5. The predicted octanol–water partition coefficient (Wildman–Crippen LogP) is 2.50. The molecule has 138 valence electrons. The molecule has 1 aromatic heterocycles. The minimum absolute atomic E-state index is 0.0804. The molecule has 2 aliphatic rings. The second kappa shape index (κ2) is 7.50. The molecule has 2 aromatic rings. The van der Waals surface area contributed by atoms with Crippen molar-refractivity contribution in [1.82, 2.24) is 10.3 Å². The number of aromatic nitrogens is 1. The summed E-state index contributed by atoms with van der Waals surface area (Å²) in [5.41, 5.74) is 4.14. The number of rotatable bonds is 5. The number of hydrogen-bond donors (Lipinski definition) is 2. The third-order valence-corrected chi connectivity index (χ3v) is 5.22. The summed E-state index contributed by atoms with van der Waals surface area (Å²) < 4.78 is 10.6. The Morgan fingerprint density at radius 3 is 2.96 bits per heavy atom. The highest BCUT2D eigenvalue weighted by Crippen LogP contribution is 2.29. The quantitative estimate of drug-likeness (QED) is 0.807. The summed E-state index contributed by atoms with van der Waals surface area (Å²) in [6.45, 7) is 0.952. The highest BCUT2D eigenvalue weighted by Gasteiger charge is 2.19. The Hall–Kier alpha value is -2.34. The van der Waals surface area contributed by atoms with Gasteiger partial charge in [-0.15, -0.1) is 0 Å². The molecule has 0 spiro atoms. The standard InChI is InChI=1S/C20H24N2O4/c23-19(21-11-14-4-3-9-25-14)12-26-20(24)13-7-8-18-16(10-13)15-5-1-2-6-17(15)22-18/h7-8,10,14,22H,1-6,9,11-12H2,(H,21,23)/t14-/m1/s1. The highest BCUT2D eigenvalue weighted by molar-refractivity contribution is 5.97. The van der Waals surface area contributed by atoms with Crippen LogP contribution in [0.5, 0.6) is 0 Å². The predicted molar refractivity (Wildman–Crippen MR) is 97.2 cm³/mol. The Kier molecular flexibility index (Phi) is 4.93. The van der Waals surface area contributed by atoms with E-state index in [1.807, 2.05) is 12.1 Å². The third kappa shape index (κ3) is 3.60. The van der Waals surface area contributed by atoms with Crippen molar-refractivity contribution >= 4 is 22.8 Å². The lowest BCUT2D eigenvalue weighted by Crippen LogP contribution is -2.34. The summed E-state index contributed by atoms with van der Waals surface area (Å²) in [7, 11) is 0. The molecule has 6 heteroatoms. The molecular formula is C20H24N2O4. The van der Waals surface area contributed by atoms with E-state index < -0.39 is 5.97 Å². The fourth-order valence-corrected chi connectivity index (χ4v) is 3.83. The van der Waals surface area contributed by atoms with E-state index in [4.69, 9.17) is 9.47 Å². The molecule has 1 fully saturated rings. The zero-order chi connectivity index (χ0) is 17.9. The molecule has 1 atom stereocenters. The molecule has 0 bridgehead atoms. The van der Waals surface area contributed by atoms with Crippen LogP contribution in [0.2, 0.25) is 0 Å². The maximum atomic E-state index is 12.3. The van der Waals surface area contributed by atoms with E-state index in [2.05, 4.69) is 10.3 Å². The number of hydrogen-bond acceptors (Lipinski definition) is 4. The molecule has 26 heavy (non-hydrogen) atoms. The van der Waals surface area contributed by atoms with Gasteiger partial charge >= 0.3 is 5.97 Å². The second-order valence-electron chi connectivity index (χ2n) is 7.06. The number of esters is 1. The maximum absolute atomic E-state index is 12.3. The van der Waals surface area contributed by atoms with Gasteiger partial charge in [0.2, 0.25) is 0 Å². The molecule has 1 aliphatic heterocycles. The molecule has 4 rings (SSSR count). The summed E-state index contributed by atoms with van der Waals surface area (Å²) in [6.07, 6.45) is 6.56. The number of amides is 1. The average Bonchev–Trinajstić information content (AvgIpc) is 3.31. The Balaban J connectivity index is 1.36. The lowest BCUT2D eigenvalue weighted by atomic mass is 9.95. The van der Waals surface area contributed by atoms with Gasteiger partial charge in [0.25, 0.3) is 5.91 Å². The van der Waals surface area contributed by atoms with Crippen molar-refractivity contribution in [2.45, 2.75) is 44.6 Å². The number of H-pyrrole nitrogens is 1. The van der Waals surface area contributed by atoms with Crippen molar-refractivity contribution in [3.63, 3.8) is 0 Å². The van der Waals surface area contributed by atoms with Gasteiger partial charge < -0.3 is 19.8 Å². The molecule has 2 N–H and O–H groups in total. The first-order chi connectivity index (χ1) is 12.7. The van der Waals surface area contributed by atoms with E-state index in [-0.39, 0.29) is 18.6 Å². The number of carbonyl (C=O) groups is 2. The van der Waals surface area contributed by atoms with Crippen LogP contribution in [0.1, 0.15) is 47.3 Å². The van der Waals surface area contributed by atoms with E-state index >= 15 is 0 Å². The number of ether oxygens (including phenoxy) is 2. The van der Waals surface area contributed by atoms with Crippen LogP contribution in [-0.4, -0.2) is 42.7 Å². The van der Waals surface area contributed by atoms with Gasteiger partial charge in [-0.1, -0.05) is 0 Å². The Bertz CT molecular complexity index is 821. The lowest BCUT2D eigenvalue weighted by molar-refractivity contribution is -0.124. The van der Waals surface area contributed by atoms with E-state index in [0.717, 1.165) is 43.2 Å². The van der Waals surface area contributed by atoms with Crippen molar-refractivity contribution in [3.05, 3.63) is 35.0 Å². The van der Waals surface area contributed by atoms with Crippen LogP contribution in [0.3, 0.4) is 0 Å². The van der Waals surface area contributed by atoms with Crippen LogP contribution in [-0.2, 0) is 27.1 Å². The van der Waals surface area contributed by atoms with Gasteiger partial charge in [0, 0.05) is 29.7 Å². The van der Waals surface area contributed by atoms with Gasteiger partial charge in [-0.25, -0.2) is 4.79 Å². The monoisotopic (exact) mass is 356 g/mol. The van der Waals surface area contributed by atoms with E-state index in [9.17, 15) is 9.59 Å². The molecule has 1 aliphatic carbocycles. The number of nitrogens with one attached hydrogen (secondary N) is 2. The fourth-order valence-electron chi connectivity index (χ4n) is 3.83. The molecule has 2 heterocycles. The summed E-state index contributed by atoms with van der Waals surface area (Å²) in [5.74, 6) is -0.765. The van der Waals surface area contributed by atoms with Gasteiger partial charge in [-0.05, 0) is 62.3 Å². The van der Waals surface area contributed by atoms with Crippen molar-refractivity contribution in [3.8, 4) is 0 Å². The van der Waals surface area contributed by atoms with Crippen molar-refractivity contribution in [2.75, 3.05) is 19.8 Å². The number of fused-ring (bicyclic) bond motifs is 3. The van der Waals surface area contributed by atoms with Crippen molar-refractivity contribution in [1.29, 1.82) is 0 Å². The minimum atomic E-state index is -0.468. The molecule has 0 saturated carbocycles. The molecule has 6 nitrogen and oxygen atoms in total. The van der Waals surface area contributed by atoms with Crippen LogP contribution < -0.4 is 5.32 Å². The second-order valence-corrected chi connectivity index (χ2v) is 7.06. The number of aryl methyl sites for hydroxylation is 2. The topological polar surface area (TPSA) is 80.4 Å². The summed E-state index contributed by atoms with van der Waals surface area (Å²) in [6, 6.07) is 5.54. The molecule has 1 amide bonds. The lowest BCUT2D eigenvalue weighted by Gasteiger charge is -2.11. The first kappa shape index (κ1) is 17.1. The van der Waals surface area contributed by atoms with Crippen LogP contribution in [0.25, 0.3) is 10.9 Å². The number of aromatic amines is 1. The summed E-state index contributed by atoms with van der Waals surface area (Å²) in [5, 5.41) is 3.85. The number of carbonyl (C=O) groups excluding carboxylic acids is 2. The van der Waals surface area contributed by atoms with Crippen molar-refractivity contribution < 1.29 is 19.1 Å². The minimum Gasteiger partial charge on any atom is -0.452 e. The SMILES string of the molecule is O=C(COC(=O)c1ccc2[nH]c3c(c2c1)CCCC3)NC[C@H]1CCCO1. The zero-order valence-corrected chi connectivity index (χ0v) is 14.8. The van der Waals surface area contributed by atoms with Gasteiger partial charge in [0.05, 0.1) is 11.7 Å². The van der Waals surface area contributed by atoms with E-state index in [1.54, 1.807) is 6.07 Å². The van der Waals surface area contributed by atoms with Crippen LogP contribution in [0, 0.1) is 0 Å². The smallest absolute Gasteiger partial charge is 0.338 e. The van der Waals surface area contributed by atoms with E-state index in [1.165, 1.54) is 24.1 Å². The maximum Gasteiger partial charge on any atom is 0.338 e. The first-order valence-corrected chi connectivity index (χ1v) is 9.39. The van der Waals surface area contributed by atoms with Gasteiger partial charge in [-0.3, -0.25) is 4.79 Å². The molecule has 1 aromatic carbocycles. The summed E-state index contributed by atoms with van der Waals surface area (Å²) in [4.78, 5) is 27.6. The Morgan fingerprint density at radius 2 is 2.12 bits per heavy atom. The largest absolute Gasteiger partial charge is 0.452 e. The zero-order valence-electron chi connectivity index (χ0n) is 14.8. The third-order valence-electron chi connectivity index (χ3n) is 5.22.